The van der Waals surface area contributed by atoms with Gasteiger partial charge in [0.2, 0.25) is 0 Å². The smallest absolute Gasteiger partial charge is 0.00719 e. The van der Waals surface area contributed by atoms with Gasteiger partial charge in [-0.1, -0.05) is 31.5 Å². The summed E-state index contributed by atoms with van der Waals surface area (Å²) in [4.78, 5) is 1.39. The van der Waals surface area contributed by atoms with E-state index in [9.17, 15) is 0 Å². The van der Waals surface area contributed by atoms with Crippen LogP contribution in [0.25, 0.3) is 0 Å². The van der Waals surface area contributed by atoms with Crippen LogP contribution in [0.4, 0.5) is 14.1 Å². The maximum atomic E-state index is 2.23. The Labute approximate surface area is 87.2 Å². The summed E-state index contributed by atoms with van der Waals surface area (Å²) in [7, 11) is 0. The number of halogens is 3. The first-order valence-corrected chi connectivity index (χ1v) is 5.10. The fourth-order valence-electron chi connectivity index (χ4n) is 0.851. The van der Waals surface area contributed by atoms with Crippen molar-refractivity contribution in [3.05, 3.63) is 30.3 Å². The van der Waals surface area contributed by atoms with Crippen molar-refractivity contribution < 1.29 is 14.1 Å². The van der Waals surface area contributed by atoms with Crippen molar-refractivity contribution in [1.82, 2.24) is 0 Å². The Morgan fingerprint density at radius 3 is 2.07 bits per heavy atom. The summed E-state index contributed by atoms with van der Waals surface area (Å²) in [6, 6.07) is 10.6. The van der Waals surface area contributed by atoms with Gasteiger partial charge in [-0.05, 0) is 24.3 Å². The van der Waals surface area contributed by atoms with Crippen LogP contribution in [0.5, 0.6) is 0 Å². The summed E-state index contributed by atoms with van der Waals surface area (Å²) in [6.45, 7) is 2.23. The van der Waals surface area contributed by atoms with Crippen molar-refractivity contribution in [2.75, 3.05) is 5.75 Å². The quantitative estimate of drug-likeness (QED) is 0.551. The van der Waals surface area contributed by atoms with Crippen LogP contribution in [0.3, 0.4) is 0 Å². The minimum Gasteiger partial charge on any atom is -0.269 e. The average Bonchev–Trinajstić information content (AvgIpc) is 2.07. The molecule has 0 radical (unpaired) electrons. The van der Waals surface area contributed by atoms with E-state index in [1.54, 1.807) is 0 Å². The lowest BCUT2D eigenvalue weighted by atomic mass is 10.4. The maximum Gasteiger partial charge on any atom is 0.00719 e. The van der Waals surface area contributed by atoms with Gasteiger partial charge in [0.1, 0.15) is 0 Å². The zero-order valence-corrected chi connectivity index (χ0v) is 8.96. The van der Waals surface area contributed by atoms with E-state index in [1.807, 2.05) is 11.8 Å². The Morgan fingerprint density at radius 1 is 1.00 bits per heavy atom. The first-order chi connectivity index (χ1) is 5.43. The molecule has 84 valence electrons. The third-order valence-corrected chi connectivity index (χ3v) is 2.61. The van der Waals surface area contributed by atoms with Gasteiger partial charge in [0.05, 0.1) is 0 Å². The van der Waals surface area contributed by atoms with Crippen molar-refractivity contribution in [1.29, 1.82) is 0 Å². The van der Waals surface area contributed by atoms with Crippen LogP contribution in [0, 0.1) is 0 Å². The highest BCUT2D eigenvalue weighted by Gasteiger charge is 1.89. The second kappa shape index (κ2) is 12.4. The van der Waals surface area contributed by atoms with Crippen molar-refractivity contribution in [3.8, 4) is 0 Å². The lowest BCUT2D eigenvalue weighted by Gasteiger charge is -1.98. The Hall–Kier alpha value is -0.640. The van der Waals surface area contributed by atoms with Crippen LogP contribution < -0.4 is 0 Å². The molecule has 0 unspecified atom stereocenters. The molecule has 0 aromatic heterocycles. The normalized spacial score (nSPS) is 7.79. The summed E-state index contributed by atoms with van der Waals surface area (Å²) >= 11 is 1.94. The molecule has 0 atom stereocenters. The van der Waals surface area contributed by atoms with Gasteiger partial charge in [0, 0.05) is 4.90 Å². The van der Waals surface area contributed by atoms with E-state index in [0.29, 0.717) is 0 Å². The van der Waals surface area contributed by atoms with Crippen molar-refractivity contribution in [3.63, 3.8) is 0 Å². The second-order valence-corrected chi connectivity index (χ2v) is 3.68. The van der Waals surface area contributed by atoms with Gasteiger partial charge < -0.3 is 0 Å². The number of hydrogen-bond acceptors (Lipinski definition) is 1. The topological polar surface area (TPSA) is 0 Å². The first-order valence-electron chi connectivity index (χ1n) is 4.11. The highest BCUT2D eigenvalue weighted by atomic mass is 32.2. The molecule has 0 nitrogen and oxygen atoms in total. The van der Waals surface area contributed by atoms with Crippen molar-refractivity contribution in [2.24, 2.45) is 0 Å². The van der Waals surface area contributed by atoms with E-state index < -0.39 is 0 Å². The average molecular weight is 226 g/mol. The molecule has 0 fully saturated rings. The van der Waals surface area contributed by atoms with E-state index in [1.165, 1.54) is 23.5 Å². The fraction of sp³-hybridized carbons (Fsp3) is 0.400. The lowest BCUT2D eigenvalue weighted by molar-refractivity contribution is 0.896. The Kier molecular flexibility index (Phi) is 16.8. The largest absolute Gasteiger partial charge is 0.269 e. The van der Waals surface area contributed by atoms with Crippen LogP contribution in [0.15, 0.2) is 35.2 Å². The van der Waals surface area contributed by atoms with Crippen LogP contribution in [0.1, 0.15) is 19.8 Å². The van der Waals surface area contributed by atoms with Crippen LogP contribution in [-0.4, -0.2) is 5.75 Å². The maximum absolute atomic E-state index is 2.23. The predicted molar refractivity (Wildman–Crippen MR) is 59.6 cm³/mol. The van der Waals surface area contributed by atoms with Crippen LogP contribution >= 0.6 is 11.8 Å². The number of benzene rings is 1. The molecule has 0 spiro atoms. The van der Waals surface area contributed by atoms with Crippen LogP contribution in [0.2, 0.25) is 0 Å². The van der Waals surface area contributed by atoms with Crippen molar-refractivity contribution in [2.45, 2.75) is 24.7 Å². The predicted octanol–water partition coefficient (Wildman–Crippen LogP) is 4.04. The second-order valence-electron chi connectivity index (χ2n) is 2.52. The minimum atomic E-state index is 0. The molecule has 4 heteroatoms. The van der Waals surface area contributed by atoms with E-state index in [-0.39, 0.29) is 14.1 Å². The van der Waals surface area contributed by atoms with E-state index >= 15 is 0 Å². The molecule has 0 heterocycles. The molecular formula is C10H17F3S. The van der Waals surface area contributed by atoms with E-state index in [0.717, 1.165) is 0 Å². The van der Waals surface area contributed by atoms with Gasteiger partial charge in [-0.2, -0.15) is 0 Å². The molecule has 0 N–H and O–H groups in total. The molecule has 1 aromatic rings. The third kappa shape index (κ3) is 7.98. The van der Waals surface area contributed by atoms with Gasteiger partial charge in [0.25, 0.3) is 0 Å². The number of thioether (sulfide) groups is 1. The van der Waals surface area contributed by atoms with E-state index in [2.05, 4.69) is 37.3 Å². The Bertz CT molecular complexity index is 192. The minimum absolute atomic E-state index is 0. The summed E-state index contributed by atoms with van der Waals surface area (Å²) in [5.41, 5.74) is 0. The zero-order valence-electron chi connectivity index (χ0n) is 8.14. The molecule has 0 saturated heterocycles. The summed E-state index contributed by atoms with van der Waals surface area (Å²) in [5, 5.41) is 0. The van der Waals surface area contributed by atoms with Gasteiger partial charge in [-0.3, -0.25) is 14.1 Å². The molecule has 0 amide bonds. The highest BCUT2D eigenvalue weighted by molar-refractivity contribution is 7.99. The lowest BCUT2D eigenvalue weighted by Crippen LogP contribution is -1.76. The molecule has 0 saturated carbocycles. The zero-order chi connectivity index (χ0) is 7.94. The summed E-state index contributed by atoms with van der Waals surface area (Å²) in [6.07, 6.45) is 2.61. The molecule has 1 rings (SSSR count). The molecular weight excluding hydrogens is 209 g/mol. The van der Waals surface area contributed by atoms with Gasteiger partial charge in [0.15, 0.2) is 0 Å². The Morgan fingerprint density at radius 2 is 1.57 bits per heavy atom. The molecule has 0 aliphatic heterocycles. The van der Waals surface area contributed by atoms with Gasteiger partial charge in [-0.15, -0.1) is 11.8 Å². The van der Waals surface area contributed by atoms with E-state index in [4.69, 9.17) is 0 Å². The third-order valence-electron chi connectivity index (χ3n) is 1.51. The standard InChI is InChI=1S/C10H14S.3FH/c1-2-3-9-11-10-7-5-4-6-8-10;;;/h4-8H,2-3,9H2,1H3;3*1H. The van der Waals surface area contributed by atoms with Gasteiger partial charge >= 0.3 is 0 Å². The monoisotopic (exact) mass is 226 g/mol. The molecule has 0 aliphatic carbocycles. The number of rotatable bonds is 4. The first kappa shape index (κ1) is 19.0. The number of hydrogen-bond donors (Lipinski definition) is 0. The fourth-order valence-corrected chi connectivity index (χ4v) is 1.87. The van der Waals surface area contributed by atoms with Gasteiger partial charge in [-0.25, -0.2) is 0 Å². The van der Waals surface area contributed by atoms with Crippen molar-refractivity contribution >= 4 is 11.8 Å². The molecule has 1 aromatic carbocycles. The Balaban J connectivity index is -0.000000403. The molecule has 0 aliphatic rings. The van der Waals surface area contributed by atoms with Crippen LogP contribution in [-0.2, 0) is 0 Å². The molecule has 0 bridgehead atoms. The number of unbranched alkanes of at least 4 members (excludes halogenated alkanes) is 1. The molecule has 14 heavy (non-hydrogen) atoms. The SMILES string of the molecule is CCCCSc1ccccc1.F.F.F. The summed E-state index contributed by atoms with van der Waals surface area (Å²) < 4.78 is 0. The summed E-state index contributed by atoms with van der Waals surface area (Å²) in [5.74, 6) is 1.25. The highest BCUT2D eigenvalue weighted by Crippen LogP contribution is 2.17.